The second-order valence-electron chi connectivity index (χ2n) is 4.23. The van der Waals surface area contributed by atoms with Gasteiger partial charge in [0.25, 0.3) is 0 Å². The summed E-state index contributed by atoms with van der Waals surface area (Å²) in [5.74, 6) is 1.33. The largest absolute Gasteiger partial charge is 0.454 e. The molecule has 0 fully saturated rings. The van der Waals surface area contributed by atoms with Gasteiger partial charge in [-0.3, -0.25) is 4.79 Å². The fourth-order valence-electron chi connectivity index (χ4n) is 2.16. The van der Waals surface area contributed by atoms with E-state index in [1.54, 1.807) is 6.07 Å². The number of benzene rings is 2. The highest BCUT2D eigenvalue weighted by Gasteiger charge is 2.18. The van der Waals surface area contributed by atoms with Crippen molar-refractivity contribution in [2.75, 3.05) is 6.79 Å². The molecule has 90 valence electrons. The number of carbonyl (C=O) groups is 1. The van der Waals surface area contributed by atoms with Gasteiger partial charge in [0.2, 0.25) is 6.79 Å². The van der Waals surface area contributed by atoms with Crippen LogP contribution in [0.25, 0.3) is 11.1 Å². The average molecular weight is 240 g/mol. The minimum atomic E-state index is 0.213. The maximum Gasteiger partial charge on any atom is 0.231 e. The summed E-state index contributed by atoms with van der Waals surface area (Å²) in [5, 5.41) is 0. The summed E-state index contributed by atoms with van der Waals surface area (Å²) in [6.45, 7) is 2.24. The van der Waals surface area contributed by atoms with Crippen LogP contribution >= 0.6 is 0 Å². The third-order valence-corrected chi connectivity index (χ3v) is 3.11. The van der Waals surface area contributed by atoms with Gasteiger partial charge < -0.3 is 9.47 Å². The molecule has 0 radical (unpaired) electrons. The number of aryl methyl sites for hydroxylation is 1. The van der Waals surface area contributed by atoms with Crippen molar-refractivity contribution in [2.45, 2.75) is 6.92 Å². The van der Waals surface area contributed by atoms with E-state index < -0.39 is 0 Å². The SMILES string of the molecule is Cc1ccccc1-c1cc2c(cc1C=O)OCO2. The number of fused-ring (bicyclic) bond motifs is 1. The summed E-state index contributed by atoms with van der Waals surface area (Å²) in [6, 6.07) is 11.6. The third kappa shape index (κ3) is 1.64. The van der Waals surface area contributed by atoms with Crippen LogP contribution in [0.1, 0.15) is 15.9 Å². The summed E-state index contributed by atoms with van der Waals surface area (Å²) in [7, 11) is 0. The molecule has 0 aromatic heterocycles. The molecule has 0 bridgehead atoms. The first-order valence-corrected chi connectivity index (χ1v) is 5.74. The van der Waals surface area contributed by atoms with Gasteiger partial charge >= 0.3 is 0 Å². The lowest BCUT2D eigenvalue weighted by molar-refractivity contribution is 0.112. The van der Waals surface area contributed by atoms with Crippen molar-refractivity contribution >= 4 is 6.29 Å². The highest BCUT2D eigenvalue weighted by atomic mass is 16.7. The van der Waals surface area contributed by atoms with Crippen LogP contribution in [0.15, 0.2) is 36.4 Å². The van der Waals surface area contributed by atoms with Gasteiger partial charge in [0.1, 0.15) is 0 Å². The molecule has 0 N–H and O–H groups in total. The zero-order valence-electron chi connectivity index (χ0n) is 9.97. The van der Waals surface area contributed by atoms with Gasteiger partial charge in [-0.2, -0.15) is 0 Å². The van der Waals surface area contributed by atoms with Crippen LogP contribution < -0.4 is 9.47 Å². The maximum atomic E-state index is 11.2. The van der Waals surface area contributed by atoms with Crippen LogP contribution in [0.3, 0.4) is 0 Å². The molecular formula is C15H12O3. The van der Waals surface area contributed by atoms with Gasteiger partial charge in [-0.25, -0.2) is 0 Å². The van der Waals surface area contributed by atoms with Crippen molar-refractivity contribution < 1.29 is 14.3 Å². The number of rotatable bonds is 2. The van der Waals surface area contributed by atoms with E-state index in [1.165, 1.54) is 0 Å². The molecule has 18 heavy (non-hydrogen) atoms. The summed E-state index contributed by atoms with van der Waals surface area (Å²) in [5.41, 5.74) is 3.67. The van der Waals surface area contributed by atoms with Gasteiger partial charge in [0, 0.05) is 5.56 Å². The predicted octanol–water partition coefficient (Wildman–Crippen LogP) is 3.20. The van der Waals surface area contributed by atoms with Crippen molar-refractivity contribution in [3.8, 4) is 22.6 Å². The highest BCUT2D eigenvalue weighted by molar-refractivity contribution is 5.90. The molecule has 0 saturated heterocycles. The smallest absolute Gasteiger partial charge is 0.231 e. The van der Waals surface area contributed by atoms with Crippen molar-refractivity contribution in [3.05, 3.63) is 47.5 Å². The van der Waals surface area contributed by atoms with E-state index in [2.05, 4.69) is 0 Å². The van der Waals surface area contributed by atoms with Crippen LogP contribution in [0, 0.1) is 6.92 Å². The van der Waals surface area contributed by atoms with Crippen LogP contribution in [-0.4, -0.2) is 13.1 Å². The minimum Gasteiger partial charge on any atom is -0.454 e. The number of ether oxygens (including phenoxy) is 2. The first-order chi connectivity index (χ1) is 8.79. The van der Waals surface area contributed by atoms with Gasteiger partial charge in [-0.05, 0) is 35.7 Å². The Morgan fingerprint density at radius 1 is 1.06 bits per heavy atom. The molecule has 2 aromatic rings. The molecule has 3 nitrogen and oxygen atoms in total. The summed E-state index contributed by atoms with van der Waals surface area (Å²) in [4.78, 5) is 11.2. The topological polar surface area (TPSA) is 35.5 Å². The Morgan fingerprint density at radius 3 is 2.50 bits per heavy atom. The third-order valence-electron chi connectivity index (χ3n) is 3.11. The number of hydrogen-bond donors (Lipinski definition) is 0. The van der Waals surface area contributed by atoms with Crippen LogP contribution in [0.4, 0.5) is 0 Å². The first-order valence-electron chi connectivity index (χ1n) is 5.74. The fourth-order valence-corrected chi connectivity index (χ4v) is 2.16. The van der Waals surface area contributed by atoms with E-state index in [9.17, 15) is 4.79 Å². The molecule has 0 unspecified atom stereocenters. The molecule has 1 aliphatic rings. The molecule has 0 atom stereocenters. The number of hydrogen-bond acceptors (Lipinski definition) is 3. The molecule has 0 spiro atoms. The Hall–Kier alpha value is -2.29. The molecule has 1 aliphatic heterocycles. The molecule has 0 amide bonds. The van der Waals surface area contributed by atoms with E-state index in [-0.39, 0.29) is 6.79 Å². The van der Waals surface area contributed by atoms with Gasteiger partial charge in [-0.1, -0.05) is 24.3 Å². The lowest BCUT2D eigenvalue weighted by atomic mass is 9.96. The molecule has 1 heterocycles. The maximum absolute atomic E-state index is 11.2. The second kappa shape index (κ2) is 4.18. The zero-order valence-corrected chi connectivity index (χ0v) is 9.97. The monoisotopic (exact) mass is 240 g/mol. The molecule has 0 saturated carbocycles. The zero-order chi connectivity index (χ0) is 12.5. The normalized spacial score (nSPS) is 12.5. The molecule has 2 aromatic carbocycles. The van der Waals surface area contributed by atoms with Crippen molar-refractivity contribution in [1.29, 1.82) is 0 Å². The Labute approximate surface area is 105 Å². The Kier molecular flexibility index (Phi) is 2.52. The average Bonchev–Trinajstić information content (AvgIpc) is 2.85. The van der Waals surface area contributed by atoms with Crippen LogP contribution in [0.2, 0.25) is 0 Å². The number of carbonyl (C=O) groups excluding carboxylic acids is 1. The molecule has 3 rings (SSSR count). The lowest BCUT2D eigenvalue weighted by Gasteiger charge is -2.09. The van der Waals surface area contributed by atoms with E-state index >= 15 is 0 Å². The van der Waals surface area contributed by atoms with E-state index in [4.69, 9.17) is 9.47 Å². The summed E-state index contributed by atoms with van der Waals surface area (Å²) >= 11 is 0. The number of aldehydes is 1. The molecular weight excluding hydrogens is 228 g/mol. The fraction of sp³-hybridized carbons (Fsp3) is 0.133. The predicted molar refractivity (Wildman–Crippen MR) is 68.1 cm³/mol. The van der Waals surface area contributed by atoms with Gasteiger partial charge in [-0.15, -0.1) is 0 Å². The summed E-state index contributed by atoms with van der Waals surface area (Å²) < 4.78 is 10.6. The first kappa shape index (κ1) is 10.8. The van der Waals surface area contributed by atoms with Crippen LogP contribution in [-0.2, 0) is 0 Å². The molecule has 3 heteroatoms. The second-order valence-corrected chi connectivity index (χ2v) is 4.23. The van der Waals surface area contributed by atoms with Gasteiger partial charge in [0.05, 0.1) is 0 Å². The highest BCUT2D eigenvalue weighted by Crippen LogP contribution is 2.38. The van der Waals surface area contributed by atoms with Gasteiger partial charge in [0.15, 0.2) is 17.8 Å². The van der Waals surface area contributed by atoms with E-state index in [1.807, 2.05) is 37.3 Å². The van der Waals surface area contributed by atoms with Crippen molar-refractivity contribution in [3.63, 3.8) is 0 Å². The quantitative estimate of drug-likeness (QED) is 0.756. The molecule has 0 aliphatic carbocycles. The van der Waals surface area contributed by atoms with Crippen LogP contribution in [0.5, 0.6) is 11.5 Å². The van der Waals surface area contributed by atoms with E-state index in [0.29, 0.717) is 17.1 Å². The Morgan fingerprint density at radius 2 is 1.78 bits per heavy atom. The Balaban J connectivity index is 2.23. The summed E-state index contributed by atoms with van der Waals surface area (Å²) in [6.07, 6.45) is 0.851. The minimum absolute atomic E-state index is 0.213. The lowest BCUT2D eigenvalue weighted by Crippen LogP contribution is -1.92. The standard InChI is InChI=1S/C15H12O3/c1-10-4-2-3-5-12(10)13-7-15-14(17-9-18-15)6-11(13)8-16/h2-8H,9H2,1H3. The Bertz CT molecular complexity index is 617. The van der Waals surface area contributed by atoms with Crippen molar-refractivity contribution in [2.24, 2.45) is 0 Å². The van der Waals surface area contributed by atoms with Crippen molar-refractivity contribution in [1.82, 2.24) is 0 Å². The van der Waals surface area contributed by atoms with E-state index in [0.717, 1.165) is 23.0 Å².